The maximum absolute atomic E-state index is 13.0. The lowest BCUT2D eigenvalue weighted by Gasteiger charge is -2.16. The van der Waals surface area contributed by atoms with Crippen molar-refractivity contribution in [2.75, 3.05) is 0 Å². The molecule has 4 rings (SSSR count). The second-order valence-electron chi connectivity index (χ2n) is 6.48. The van der Waals surface area contributed by atoms with Crippen LogP contribution in [0.2, 0.25) is 0 Å². The van der Waals surface area contributed by atoms with Crippen LogP contribution in [0, 0.1) is 0 Å². The van der Waals surface area contributed by atoms with Crippen molar-refractivity contribution in [1.82, 2.24) is 4.98 Å². The van der Waals surface area contributed by atoms with E-state index in [2.05, 4.69) is 4.98 Å². The first-order valence-corrected chi connectivity index (χ1v) is 11.7. The van der Waals surface area contributed by atoms with Gasteiger partial charge in [-0.1, -0.05) is 5.75 Å². The maximum Gasteiger partial charge on any atom is 0.260 e. The van der Waals surface area contributed by atoms with E-state index in [1.807, 2.05) is 0 Å². The fourth-order valence-corrected chi connectivity index (χ4v) is 5.90. The molecule has 0 fully saturated rings. The second-order valence-corrected chi connectivity index (χ2v) is 10.2. The molecule has 0 atom stereocenters. The molecule has 1 aliphatic carbocycles. The number of hydrogen-bond donors (Lipinski definition) is 2. The molecule has 0 saturated heterocycles. The predicted molar refractivity (Wildman–Crippen MR) is 107 cm³/mol. The monoisotopic (exact) mass is 435 g/mol. The van der Waals surface area contributed by atoms with Gasteiger partial charge in [0.1, 0.15) is 4.83 Å². The SMILES string of the molecule is NS(=O)(=O)c1ccc(SC(=O)c2c([O-])c3c4c(sc3[nH]c2=O)CCCC4)cc1. The highest BCUT2D eigenvalue weighted by Gasteiger charge is 2.22. The topological polar surface area (TPSA) is 133 Å². The molecule has 0 bridgehead atoms. The number of carbonyl (C=O) groups excluding carboxylic acids is 1. The molecule has 2 aromatic heterocycles. The van der Waals surface area contributed by atoms with E-state index in [0.717, 1.165) is 36.1 Å². The molecule has 0 radical (unpaired) electrons. The number of thiophene rings is 1. The number of thioether (sulfide) groups is 1. The minimum Gasteiger partial charge on any atom is -0.871 e. The molecule has 0 saturated carbocycles. The van der Waals surface area contributed by atoms with Gasteiger partial charge in [0.2, 0.25) is 15.1 Å². The summed E-state index contributed by atoms with van der Waals surface area (Å²) in [6.07, 6.45) is 3.68. The molecular formula is C18H15N2O5S3-. The van der Waals surface area contributed by atoms with Crippen molar-refractivity contribution < 1.29 is 18.3 Å². The van der Waals surface area contributed by atoms with E-state index in [1.54, 1.807) is 0 Å². The third-order valence-electron chi connectivity index (χ3n) is 4.65. The molecule has 3 aromatic rings. The van der Waals surface area contributed by atoms with Crippen LogP contribution in [0.1, 0.15) is 33.6 Å². The number of benzene rings is 1. The number of rotatable bonds is 3. The maximum atomic E-state index is 13.0. The van der Waals surface area contributed by atoms with Gasteiger partial charge < -0.3 is 10.1 Å². The molecule has 0 aliphatic heterocycles. The van der Waals surface area contributed by atoms with Crippen molar-refractivity contribution in [2.45, 2.75) is 35.5 Å². The Hall–Kier alpha value is -2.14. The highest BCUT2D eigenvalue weighted by Crippen LogP contribution is 2.40. The summed E-state index contributed by atoms with van der Waals surface area (Å²) in [5.41, 5.74) is -0.155. The summed E-state index contributed by atoms with van der Waals surface area (Å²) in [4.78, 5) is 29.7. The zero-order valence-electron chi connectivity index (χ0n) is 14.5. The number of carbonyl (C=O) groups is 1. The average molecular weight is 436 g/mol. The third-order valence-corrected chi connectivity index (χ3v) is 7.68. The highest BCUT2D eigenvalue weighted by atomic mass is 32.2. The van der Waals surface area contributed by atoms with Crippen molar-refractivity contribution in [3.63, 3.8) is 0 Å². The van der Waals surface area contributed by atoms with Crippen molar-refractivity contribution in [1.29, 1.82) is 0 Å². The van der Waals surface area contributed by atoms with Crippen LogP contribution in [0.15, 0.2) is 38.9 Å². The lowest BCUT2D eigenvalue weighted by molar-refractivity contribution is -0.266. The summed E-state index contributed by atoms with van der Waals surface area (Å²) in [5, 5.41) is 17.8. The number of nitrogens with two attached hydrogens (primary N) is 1. The van der Waals surface area contributed by atoms with Crippen molar-refractivity contribution in [3.05, 3.63) is 50.6 Å². The van der Waals surface area contributed by atoms with Gasteiger partial charge in [-0.05, 0) is 67.3 Å². The number of nitrogens with one attached hydrogen (secondary N) is 1. The van der Waals surface area contributed by atoms with Crippen LogP contribution in [0.5, 0.6) is 5.75 Å². The van der Waals surface area contributed by atoms with Crippen LogP contribution in [0.4, 0.5) is 0 Å². The first-order valence-electron chi connectivity index (χ1n) is 8.48. The fourth-order valence-electron chi connectivity index (χ4n) is 3.33. The van der Waals surface area contributed by atoms with Gasteiger partial charge in [0.25, 0.3) is 5.56 Å². The van der Waals surface area contributed by atoms with Gasteiger partial charge in [-0.3, -0.25) is 9.59 Å². The Bertz CT molecular complexity index is 1260. The number of hydrogen-bond acceptors (Lipinski definition) is 7. The molecule has 1 aromatic carbocycles. The number of H-pyrrole nitrogens is 1. The smallest absolute Gasteiger partial charge is 0.260 e. The molecule has 3 N–H and O–H groups in total. The Morgan fingerprint density at radius 1 is 1.18 bits per heavy atom. The number of pyridine rings is 1. The van der Waals surface area contributed by atoms with E-state index >= 15 is 0 Å². The molecule has 0 spiro atoms. The van der Waals surface area contributed by atoms with Crippen LogP contribution in [-0.4, -0.2) is 18.5 Å². The fraction of sp³-hybridized carbons (Fsp3) is 0.222. The van der Waals surface area contributed by atoms with Gasteiger partial charge in [0.05, 0.1) is 10.5 Å². The predicted octanol–water partition coefficient (Wildman–Crippen LogP) is 2.12. The van der Waals surface area contributed by atoms with E-state index in [1.165, 1.54) is 35.6 Å². The number of fused-ring (bicyclic) bond motifs is 3. The molecule has 146 valence electrons. The van der Waals surface area contributed by atoms with Crippen LogP contribution < -0.4 is 15.8 Å². The van der Waals surface area contributed by atoms with Gasteiger partial charge in [-0.15, -0.1) is 11.3 Å². The number of aromatic amines is 1. The second kappa shape index (κ2) is 7.03. The number of primary sulfonamides is 1. The minimum absolute atomic E-state index is 0.0852. The lowest BCUT2D eigenvalue weighted by atomic mass is 9.96. The van der Waals surface area contributed by atoms with Crippen molar-refractivity contribution >= 4 is 48.5 Å². The standard InChI is InChI=1S/C18H16N2O5S3/c19-28(24,25)10-7-5-9(6-8-10)26-18(23)14-15(21)13-11-3-1-2-4-12(11)27-17(13)20-16(14)22/h5-8H,1-4H2,(H2,19,24,25)(H2,20,21,22)/p-1. The van der Waals surface area contributed by atoms with Gasteiger partial charge in [0.15, 0.2) is 0 Å². The van der Waals surface area contributed by atoms with E-state index in [4.69, 9.17) is 5.14 Å². The first kappa shape index (κ1) is 19.2. The average Bonchev–Trinajstić information content (AvgIpc) is 2.99. The van der Waals surface area contributed by atoms with Gasteiger partial charge in [-0.25, -0.2) is 13.6 Å². The molecule has 7 nitrogen and oxygen atoms in total. The summed E-state index contributed by atoms with van der Waals surface area (Å²) in [5.74, 6) is -0.531. The molecular weight excluding hydrogens is 420 g/mol. The zero-order valence-corrected chi connectivity index (χ0v) is 16.9. The summed E-state index contributed by atoms with van der Waals surface area (Å²) in [6, 6.07) is 5.36. The first-order chi connectivity index (χ1) is 13.3. The highest BCUT2D eigenvalue weighted by molar-refractivity contribution is 8.14. The van der Waals surface area contributed by atoms with Crippen LogP contribution in [-0.2, 0) is 22.9 Å². The quantitative estimate of drug-likeness (QED) is 0.606. The number of sulfonamides is 1. The zero-order chi connectivity index (χ0) is 20.1. The molecule has 1 aliphatic rings. The summed E-state index contributed by atoms with van der Waals surface area (Å²) < 4.78 is 22.6. The minimum atomic E-state index is -3.84. The molecule has 0 amide bonds. The van der Waals surface area contributed by atoms with E-state index in [9.17, 15) is 23.1 Å². The molecule has 0 unspecified atom stereocenters. The lowest BCUT2D eigenvalue weighted by Crippen LogP contribution is -2.19. The Morgan fingerprint density at radius 3 is 2.54 bits per heavy atom. The van der Waals surface area contributed by atoms with Gasteiger partial charge in [-0.2, -0.15) is 0 Å². The van der Waals surface area contributed by atoms with Gasteiger partial charge >= 0.3 is 0 Å². The Labute approximate surface area is 168 Å². The van der Waals surface area contributed by atoms with Crippen LogP contribution in [0.3, 0.4) is 0 Å². The van der Waals surface area contributed by atoms with Crippen LogP contribution >= 0.6 is 23.1 Å². The summed E-state index contributed by atoms with van der Waals surface area (Å²) in [6.45, 7) is 0. The Morgan fingerprint density at radius 2 is 1.86 bits per heavy atom. The Balaban J connectivity index is 1.72. The van der Waals surface area contributed by atoms with E-state index in [-0.39, 0.29) is 4.90 Å². The number of aromatic nitrogens is 1. The molecule has 28 heavy (non-hydrogen) atoms. The van der Waals surface area contributed by atoms with E-state index in [0.29, 0.717) is 26.9 Å². The summed E-state index contributed by atoms with van der Waals surface area (Å²) in [7, 11) is -3.84. The van der Waals surface area contributed by atoms with Crippen LogP contribution in [0.25, 0.3) is 10.2 Å². The normalized spacial score (nSPS) is 14.2. The van der Waals surface area contributed by atoms with Crippen molar-refractivity contribution in [2.24, 2.45) is 5.14 Å². The Kier molecular flexibility index (Phi) is 4.82. The largest absolute Gasteiger partial charge is 0.871 e. The van der Waals surface area contributed by atoms with Crippen molar-refractivity contribution in [3.8, 4) is 5.75 Å². The molecule has 10 heteroatoms. The van der Waals surface area contributed by atoms with Gasteiger partial charge in [0, 0.05) is 15.2 Å². The number of aryl methyl sites for hydroxylation is 2. The summed E-state index contributed by atoms with van der Waals surface area (Å²) >= 11 is 2.12. The van der Waals surface area contributed by atoms with E-state index < -0.39 is 32.0 Å². The third kappa shape index (κ3) is 3.37. The molecule has 2 heterocycles.